The molecule has 24 heavy (non-hydrogen) atoms. The SMILES string of the molecule is O=C(O)C(CCN1CCN(c2ccccc2)CC1)c1ccccc1. The molecule has 0 spiro atoms. The molecule has 4 heteroatoms. The predicted octanol–water partition coefficient (Wildman–Crippen LogP) is 3.07. The molecule has 0 aromatic heterocycles. The number of hydrogen-bond acceptors (Lipinski definition) is 3. The summed E-state index contributed by atoms with van der Waals surface area (Å²) in [6, 6.07) is 20.0. The van der Waals surface area contributed by atoms with Gasteiger partial charge in [-0.3, -0.25) is 9.69 Å². The molecule has 2 aromatic rings. The van der Waals surface area contributed by atoms with Gasteiger partial charge < -0.3 is 10.0 Å². The lowest BCUT2D eigenvalue weighted by atomic mass is 9.95. The van der Waals surface area contributed by atoms with E-state index in [1.165, 1.54) is 5.69 Å². The van der Waals surface area contributed by atoms with Crippen LogP contribution in [0.25, 0.3) is 0 Å². The van der Waals surface area contributed by atoms with Crippen LogP contribution in [0.4, 0.5) is 5.69 Å². The summed E-state index contributed by atoms with van der Waals surface area (Å²) in [5.74, 6) is -1.15. The maximum absolute atomic E-state index is 11.6. The zero-order valence-electron chi connectivity index (χ0n) is 13.8. The fourth-order valence-electron chi connectivity index (χ4n) is 3.30. The van der Waals surface area contributed by atoms with Crippen LogP contribution in [0.5, 0.6) is 0 Å². The van der Waals surface area contributed by atoms with Gasteiger partial charge in [0.15, 0.2) is 0 Å². The summed E-state index contributed by atoms with van der Waals surface area (Å²) in [4.78, 5) is 16.3. The Labute approximate surface area is 143 Å². The molecule has 1 saturated heterocycles. The Kier molecular flexibility index (Phi) is 5.49. The van der Waals surface area contributed by atoms with E-state index in [2.05, 4.69) is 34.1 Å². The molecule has 1 heterocycles. The van der Waals surface area contributed by atoms with E-state index in [4.69, 9.17) is 0 Å². The maximum Gasteiger partial charge on any atom is 0.311 e. The fourth-order valence-corrected chi connectivity index (χ4v) is 3.30. The van der Waals surface area contributed by atoms with Gasteiger partial charge in [-0.25, -0.2) is 0 Å². The van der Waals surface area contributed by atoms with Crippen LogP contribution in [0.15, 0.2) is 60.7 Å². The number of nitrogens with zero attached hydrogens (tertiary/aromatic N) is 2. The number of carbonyl (C=O) groups is 1. The highest BCUT2D eigenvalue weighted by Crippen LogP contribution is 2.21. The highest BCUT2D eigenvalue weighted by atomic mass is 16.4. The molecule has 4 nitrogen and oxygen atoms in total. The number of piperazine rings is 1. The van der Waals surface area contributed by atoms with Gasteiger partial charge in [0, 0.05) is 31.9 Å². The van der Waals surface area contributed by atoms with Crippen LogP contribution >= 0.6 is 0 Å². The molecule has 1 unspecified atom stereocenters. The van der Waals surface area contributed by atoms with Gasteiger partial charge in [-0.1, -0.05) is 48.5 Å². The zero-order valence-corrected chi connectivity index (χ0v) is 13.8. The Morgan fingerprint density at radius 1 is 0.917 bits per heavy atom. The van der Waals surface area contributed by atoms with Crippen molar-refractivity contribution in [2.75, 3.05) is 37.6 Å². The number of carboxylic acid groups (broad SMARTS) is 1. The molecule has 126 valence electrons. The molecule has 1 aliphatic heterocycles. The third kappa shape index (κ3) is 4.15. The Balaban J connectivity index is 1.51. The second kappa shape index (κ2) is 7.97. The summed E-state index contributed by atoms with van der Waals surface area (Å²) in [5.41, 5.74) is 2.16. The molecule has 2 aromatic carbocycles. The molecular formula is C20H24N2O2. The summed E-state index contributed by atoms with van der Waals surface area (Å²) >= 11 is 0. The first kappa shape index (κ1) is 16.5. The Hall–Kier alpha value is -2.33. The van der Waals surface area contributed by atoms with E-state index in [0.29, 0.717) is 6.42 Å². The van der Waals surface area contributed by atoms with Crippen molar-refractivity contribution >= 4 is 11.7 Å². The maximum atomic E-state index is 11.6. The summed E-state index contributed by atoms with van der Waals surface area (Å²) in [5, 5.41) is 9.52. The number of carboxylic acids is 1. The topological polar surface area (TPSA) is 43.8 Å². The van der Waals surface area contributed by atoms with Gasteiger partial charge in [-0.15, -0.1) is 0 Å². The lowest BCUT2D eigenvalue weighted by Gasteiger charge is -2.36. The third-order valence-corrected chi connectivity index (χ3v) is 4.73. The molecule has 0 aliphatic carbocycles. The molecule has 1 N–H and O–H groups in total. The number of hydrogen-bond donors (Lipinski definition) is 1. The summed E-state index contributed by atoms with van der Waals surface area (Å²) in [7, 11) is 0. The quantitative estimate of drug-likeness (QED) is 0.887. The Morgan fingerprint density at radius 2 is 1.50 bits per heavy atom. The molecule has 1 aliphatic rings. The number of benzene rings is 2. The molecule has 0 radical (unpaired) electrons. The minimum Gasteiger partial charge on any atom is -0.481 e. The molecular weight excluding hydrogens is 300 g/mol. The van der Waals surface area contributed by atoms with Gasteiger partial charge in [-0.2, -0.15) is 0 Å². The average molecular weight is 324 g/mol. The van der Waals surface area contributed by atoms with Gasteiger partial charge in [0.2, 0.25) is 0 Å². The van der Waals surface area contributed by atoms with Gasteiger partial charge in [0.25, 0.3) is 0 Å². The monoisotopic (exact) mass is 324 g/mol. The highest BCUT2D eigenvalue weighted by molar-refractivity contribution is 5.76. The molecule has 1 atom stereocenters. The summed E-state index contributed by atoms with van der Waals surface area (Å²) in [6.45, 7) is 4.78. The van der Waals surface area contributed by atoms with Crippen molar-refractivity contribution in [2.45, 2.75) is 12.3 Å². The molecule has 0 bridgehead atoms. The number of anilines is 1. The van der Waals surface area contributed by atoms with Crippen LogP contribution in [0.2, 0.25) is 0 Å². The number of aliphatic carboxylic acids is 1. The fraction of sp³-hybridized carbons (Fsp3) is 0.350. The third-order valence-electron chi connectivity index (χ3n) is 4.73. The normalized spacial score (nSPS) is 16.8. The first-order valence-electron chi connectivity index (χ1n) is 8.54. The second-order valence-electron chi connectivity index (χ2n) is 6.25. The summed E-state index contributed by atoms with van der Waals surface area (Å²) in [6.07, 6.45) is 0.657. The van der Waals surface area contributed by atoms with Crippen LogP contribution in [0, 0.1) is 0 Å². The van der Waals surface area contributed by atoms with Gasteiger partial charge in [-0.05, 0) is 30.7 Å². The van der Waals surface area contributed by atoms with Crippen LogP contribution in [-0.2, 0) is 4.79 Å². The number of rotatable bonds is 6. The Bertz CT molecular complexity index is 637. The molecule has 0 saturated carbocycles. The van der Waals surface area contributed by atoms with E-state index in [0.717, 1.165) is 38.3 Å². The van der Waals surface area contributed by atoms with Gasteiger partial charge >= 0.3 is 5.97 Å². The zero-order chi connectivity index (χ0) is 16.8. The standard InChI is InChI=1S/C20H24N2O2/c23-20(24)19(17-7-3-1-4-8-17)11-12-21-13-15-22(16-14-21)18-9-5-2-6-10-18/h1-10,19H,11-16H2,(H,23,24). The van der Waals surface area contributed by atoms with Crippen LogP contribution in [0.3, 0.4) is 0 Å². The first-order valence-corrected chi connectivity index (χ1v) is 8.54. The van der Waals surface area contributed by atoms with Gasteiger partial charge in [0.1, 0.15) is 0 Å². The van der Waals surface area contributed by atoms with E-state index >= 15 is 0 Å². The van der Waals surface area contributed by atoms with Gasteiger partial charge in [0.05, 0.1) is 5.92 Å². The minimum absolute atomic E-state index is 0.418. The van der Waals surface area contributed by atoms with E-state index < -0.39 is 11.9 Å². The van der Waals surface area contributed by atoms with Crippen molar-refractivity contribution in [3.63, 3.8) is 0 Å². The van der Waals surface area contributed by atoms with E-state index in [1.807, 2.05) is 36.4 Å². The first-order chi connectivity index (χ1) is 11.7. The van der Waals surface area contributed by atoms with E-state index in [-0.39, 0.29) is 0 Å². The molecule has 0 amide bonds. The van der Waals surface area contributed by atoms with Crippen LogP contribution in [0.1, 0.15) is 17.9 Å². The van der Waals surface area contributed by atoms with Crippen molar-refractivity contribution in [3.8, 4) is 0 Å². The van der Waals surface area contributed by atoms with Crippen molar-refractivity contribution in [1.29, 1.82) is 0 Å². The van der Waals surface area contributed by atoms with E-state index in [9.17, 15) is 9.90 Å². The number of para-hydroxylation sites is 1. The summed E-state index contributed by atoms with van der Waals surface area (Å²) < 4.78 is 0. The van der Waals surface area contributed by atoms with Crippen molar-refractivity contribution in [3.05, 3.63) is 66.2 Å². The lowest BCUT2D eigenvalue weighted by molar-refractivity contribution is -0.139. The smallest absolute Gasteiger partial charge is 0.311 e. The molecule has 1 fully saturated rings. The average Bonchev–Trinajstić information content (AvgIpc) is 2.64. The Morgan fingerprint density at radius 3 is 2.08 bits per heavy atom. The second-order valence-corrected chi connectivity index (χ2v) is 6.25. The highest BCUT2D eigenvalue weighted by Gasteiger charge is 2.22. The van der Waals surface area contributed by atoms with Crippen molar-refractivity contribution in [2.24, 2.45) is 0 Å². The largest absolute Gasteiger partial charge is 0.481 e. The van der Waals surface area contributed by atoms with E-state index in [1.54, 1.807) is 0 Å². The van der Waals surface area contributed by atoms with Crippen molar-refractivity contribution < 1.29 is 9.90 Å². The van der Waals surface area contributed by atoms with Crippen LogP contribution < -0.4 is 4.90 Å². The van der Waals surface area contributed by atoms with Crippen molar-refractivity contribution in [1.82, 2.24) is 4.90 Å². The lowest BCUT2D eigenvalue weighted by Crippen LogP contribution is -2.47. The van der Waals surface area contributed by atoms with Crippen LogP contribution in [-0.4, -0.2) is 48.7 Å². The minimum atomic E-state index is -0.732. The predicted molar refractivity (Wildman–Crippen MR) is 96.5 cm³/mol. The molecule has 3 rings (SSSR count).